The summed E-state index contributed by atoms with van der Waals surface area (Å²) >= 11 is 3.42. The lowest BCUT2D eigenvalue weighted by Gasteiger charge is -2.13. The summed E-state index contributed by atoms with van der Waals surface area (Å²) in [4.78, 5) is 41.8. The topological polar surface area (TPSA) is 142 Å². The number of nitro groups is 1. The lowest BCUT2D eigenvalue weighted by molar-refractivity contribution is -0.385. The molecule has 0 amide bonds. The van der Waals surface area contributed by atoms with Gasteiger partial charge in [0.1, 0.15) is 6.20 Å². The van der Waals surface area contributed by atoms with Crippen LogP contribution in [-0.2, 0) is 0 Å². The third kappa shape index (κ3) is 4.71. The molecule has 0 fully saturated rings. The minimum absolute atomic E-state index is 0.133. The summed E-state index contributed by atoms with van der Waals surface area (Å²) in [7, 11) is 0. The van der Waals surface area contributed by atoms with Crippen molar-refractivity contribution in [2.75, 3.05) is 6.61 Å². The van der Waals surface area contributed by atoms with E-state index >= 15 is 0 Å². The molecule has 0 aliphatic heterocycles. The third-order valence-electron chi connectivity index (χ3n) is 4.61. The SMILES string of the molecule is CCOc1cc(C=Nn2c(=O)[nH]c3ccccc3c2=O)c(Br)cc1Oc1ccc([N+](=O)[O-])cn1. The lowest BCUT2D eigenvalue weighted by Crippen LogP contribution is -2.32. The highest BCUT2D eigenvalue weighted by Gasteiger charge is 2.14. The minimum atomic E-state index is -0.676. The molecule has 0 saturated heterocycles. The van der Waals surface area contributed by atoms with E-state index in [1.807, 2.05) is 0 Å². The Morgan fingerprint density at radius 3 is 2.71 bits per heavy atom. The van der Waals surface area contributed by atoms with E-state index in [1.165, 1.54) is 18.3 Å². The maximum absolute atomic E-state index is 12.7. The number of ether oxygens (including phenoxy) is 2. The molecule has 1 N–H and O–H groups in total. The van der Waals surface area contributed by atoms with Crippen LogP contribution in [0, 0.1) is 10.1 Å². The largest absolute Gasteiger partial charge is 0.490 e. The number of H-pyrrole nitrogens is 1. The van der Waals surface area contributed by atoms with Gasteiger partial charge in [0.15, 0.2) is 11.5 Å². The Bertz CT molecular complexity index is 1530. The molecule has 2 aromatic heterocycles. The van der Waals surface area contributed by atoms with Crippen molar-refractivity contribution in [3.05, 3.63) is 95.7 Å². The van der Waals surface area contributed by atoms with Crippen LogP contribution < -0.4 is 20.7 Å². The standard InChI is InChI=1S/C22H16BrN5O6/c1-2-33-18-9-13(11-25-27-21(29)15-5-3-4-6-17(15)26-22(27)30)16(23)10-19(18)34-20-8-7-14(12-24-20)28(31)32/h3-12H,2H2,1H3,(H,26,30). The summed E-state index contributed by atoms with van der Waals surface area (Å²) in [5, 5.41) is 15.2. The van der Waals surface area contributed by atoms with Crippen molar-refractivity contribution in [3.8, 4) is 17.4 Å². The number of hydrogen-bond acceptors (Lipinski definition) is 8. The van der Waals surface area contributed by atoms with Crippen molar-refractivity contribution in [2.24, 2.45) is 5.10 Å². The monoisotopic (exact) mass is 525 g/mol. The Morgan fingerprint density at radius 2 is 2.00 bits per heavy atom. The molecular weight excluding hydrogens is 510 g/mol. The van der Waals surface area contributed by atoms with Gasteiger partial charge in [-0.25, -0.2) is 9.78 Å². The zero-order chi connectivity index (χ0) is 24.2. The van der Waals surface area contributed by atoms with Gasteiger partial charge >= 0.3 is 5.69 Å². The Morgan fingerprint density at radius 1 is 1.21 bits per heavy atom. The number of benzene rings is 2. The number of fused-ring (bicyclic) bond motifs is 1. The molecule has 0 aliphatic carbocycles. The zero-order valence-electron chi connectivity index (χ0n) is 17.6. The molecule has 4 rings (SSSR count). The van der Waals surface area contributed by atoms with Gasteiger partial charge in [0.25, 0.3) is 11.2 Å². The smallest absolute Gasteiger partial charge is 0.349 e. The van der Waals surface area contributed by atoms with Gasteiger partial charge in [-0.1, -0.05) is 12.1 Å². The van der Waals surface area contributed by atoms with Crippen LogP contribution in [0.3, 0.4) is 0 Å². The predicted molar refractivity (Wildman–Crippen MR) is 128 cm³/mol. The van der Waals surface area contributed by atoms with Crippen LogP contribution in [0.2, 0.25) is 0 Å². The van der Waals surface area contributed by atoms with Gasteiger partial charge < -0.3 is 14.5 Å². The lowest BCUT2D eigenvalue weighted by atomic mass is 10.2. The molecule has 0 radical (unpaired) electrons. The van der Waals surface area contributed by atoms with Gasteiger partial charge in [-0.3, -0.25) is 14.9 Å². The highest BCUT2D eigenvalue weighted by molar-refractivity contribution is 9.10. The van der Waals surface area contributed by atoms with E-state index in [0.717, 1.165) is 10.9 Å². The van der Waals surface area contributed by atoms with Gasteiger partial charge in [-0.05, 0) is 47.1 Å². The van der Waals surface area contributed by atoms with E-state index in [1.54, 1.807) is 43.3 Å². The number of rotatable bonds is 7. The molecule has 4 aromatic rings. The average molecular weight is 526 g/mol. The molecule has 0 unspecified atom stereocenters. The molecule has 2 heterocycles. The first-order valence-corrected chi connectivity index (χ1v) is 10.7. The van der Waals surface area contributed by atoms with Crippen molar-refractivity contribution >= 4 is 38.7 Å². The van der Waals surface area contributed by atoms with Crippen LogP contribution in [0.4, 0.5) is 5.69 Å². The van der Waals surface area contributed by atoms with E-state index in [4.69, 9.17) is 9.47 Å². The molecule has 2 aromatic carbocycles. The van der Waals surface area contributed by atoms with Gasteiger partial charge in [0.2, 0.25) is 5.88 Å². The van der Waals surface area contributed by atoms with E-state index in [0.29, 0.717) is 39.0 Å². The fourth-order valence-corrected chi connectivity index (χ4v) is 3.45. The summed E-state index contributed by atoms with van der Waals surface area (Å²) in [6.07, 6.45) is 2.43. The van der Waals surface area contributed by atoms with Crippen molar-refractivity contribution in [2.45, 2.75) is 6.92 Å². The molecule has 0 aliphatic rings. The molecule has 0 bridgehead atoms. The number of nitrogens with one attached hydrogen (secondary N) is 1. The maximum Gasteiger partial charge on any atom is 0.349 e. The summed E-state index contributed by atoms with van der Waals surface area (Å²) in [6, 6.07) is 12.5. The Hall–Kier alpha value is -4.32. The van der Waals surface area contributed by atoms with E-state index in [9.17, 15) is 19.7 Å². The summed E-state index contributed by atoms with van der Waals surface area (Å²) in [5.74, 6) is 0.772. The molecule has 12 heteroatoms. The molecular formula is C22H16BrN5O6. The highest BCUT2D eigenvalue weighted by atomic mass is 79.9. The fraction of sp³-hybridized carbons (Fsp3) is 0.0909. The molecule has 0 atom stereocenters. The highest BCUT2D eigenvalue weighted by Crippen LogP contribution is 2.36. The van der Waals surface area contributed by atoms with E-state index < -0.39 is 16.2 Å². The average Bonchev–Trinajstić information content (AvgIpc) is 2.82. The van der Waals surface area contributed by atoms with Crippen molar-refractivity contribution in [1.29, 1.82) is 0 Å². The summed E-state index contributed by atoms with van der Waals surface area (Å²) in [5.41, 5.74) is -0.465. The Balaban J connectivity index is 1.68. The number of halogens is 1. The second kappa shape index (κ2) is 9.67. The number of pyridine rings is 1. The molecule has 11 nitrogen and oxygen atoms in total. The van der Waals surface area contributed by atoms with Gasteiger partial charge in [-0.15, -0.1) is 4.68 Å². The normalized spacial score (nSPS) is 11.1. The van der Waals surface area contributed by atoms with Gasteiger partial charge in [0, 0.05) is 22.2 Å². The summed E-state index contributed by atoms with van der Waals surface area (Å²) in [6.45, 7) is 2.12. The molecule has 172 valence electrons. The minimum Gasteiger partial charge on any atom is -0.490 e. The first kappa shape index (κ1) is 22.9. The first-order chi connectivity index (χ1) is 16.4. The number of para-hydroxylation sites is 1. The fourth-order valence-electron chi connectivity index (χ4n) is 3.03. The zero-order valence-corrected chi connectivity index (χ0v) is 19.2. The van der Waals surface area contributed by atoms with Crippen LogP contribution in [0.25, 0.3) is 10.9 Å². The molecule has 0 spiro atoms. The van der Waals surface area contributed by atoms with Crippen LogP contribution in [0.1, 0.15) is 12.5 Å². The number of aromatic nitrogens is 3. The van der Waals surface area contributed by atoms with Crippen molar-refractivity contribution in [3.63, 3.8) is 0 Å². The van der Waals surface area contributed by atoms with E-state index in [-0.39, 0.29) is 11.6 Å². The number of nitrogens with zero attached hydrogens (tertiary/aromatic N) is 4. The van der Waals surface area contributed by atoms with Crippen LogP contribution >= 0.6 is 15.9 Å². The van der Waals surface area contributed by atoms with E-state index in [2.05, 4.69) is 31.0 Å². The second-order valence-corrected chi connectivity index (χ2v) is 7.66. The van der Waals surface area contributed by atoms with Crippen molar-refractivity contribution in [1.82, 2.24) is 14.6 Å². The maximum atomic E-state index is 12.7. The van der Waals surface area contributed by atoms with Crippen LogP contribution in [-0.4, -0.2) is 32.4 Å². The van der Waals surface area contributed by atoms with Crippen molar-refractivity contribution < 1.29 is 14.4 Å². The summed E-state index contributed by atoms with van der Waals surface area (Å²) < 4.78 is 12.6. The predicted octanol–water partition coefficient (Wildman–Crippen LogP) is 3.83. The van der Waals surface area contributed by atoms with Crippen LogP contribution in [0.5, 0.6) is 17.4 Å². The first-order valence-electron chi connectivity index (χ1n) is 9.90. The van der Waals surface area contributed by atoms with Gasteiger partial charge in [-0.2, -0.15) is 5.10 Å². The Labute approximate surface area is 199 Å². The van der Waals surface area contributed by atoms with Gasteiger partial charge in [0.05, 0.1) is 28.6 Å². The number of hydrogen-bond donors (Lipinski definition) is 1. The quantitative estimate of drug-likeness (QED) is 0.219. The molecule has 34 heavy (non-hydrogen) atoms. The Kier molecular flexibility index (Phi) is 6.50. The number of aromatic amines is 1. The molecule has 0 saturated carbocycles. The van der Waals surface area contributed by atoms with Crippen LogP contribution in [0.15, 0.2) is 73.9 Å². The second-order valence-electron chi connectivity index (χ2n) is 6.80. The third-order valence-corrected chi connectivity index (χ3v) is 5.29.